The lowest BCUT2D eigenvalue weighted by molar-refractivity contribution is -0.151. The van der Waals surface area contributed by atoms with E-state index in [1.54, 1.807) is 0 Å². The summed E-state index contributed by atoms with van der Waals surface area (Å²) in [7, 11) is 0. The molecular weight excluding hydrogens is 192 g/mol. The molecule has 0 heterocycles. The Balaban J connectivity index is 2.38. The smallest absolute Gasteiger partial charge is 0.308 e. The fourth-order valence-electron chi connectivity index (χ4n) is 2.37. The summed E-state index contributed by atoms with van der Waals surface area (Å²) in [6.07, 6.45) is 4.88. The lowest BCUT2D eigenvalue weighted by atomic mass is 9.77. The maximum Gasteiger partial charge on any atom is 0.308 e. The van der Waals surface area contributed by atoms with Gasteiger partial charge in [0.15, 0.2) is 0 Å². The van der Waals surface area contributed by atoms with Crippen LogP contribution in [0.5, 0.6) is 0 Å². The van der Waals surface area contributed by atoms with Crippen molar-refractivity contribution in [1.82, 2.24) is 0 Å². The second kappa shape index (κ2) is 5.50. The molecule has 0 saturated heterocycles. The molecule has 0 spiro atoms. The van der Waals surface area contributed by atoms with Gasteiger partial charge < -0.3 is 9.84 Å². The molecule has 0 radical (unpaired) electrons. The van der Waals surface area contributed by atoms with Crippen LogP contribution in [0.4, 0.5) is 0 Å². The molecule has 0 unspecified atom stereocenters. The van der Waals surface area contributed by atoms with Gasteiger partial charge in [-0.3, -0.25) is 4.79 Å². The highest BCUT2D eigenvalue weighted by atomic mass is 16.5. The van der Waals surface area contributed by atoms with Crippen molar-refractivity contribution in [2.75, 3.05) is 6.61 Å². The Hall–Kier alpha value is -0.570. The molecule has 3 heteroatoms. The highest BCUT2D eigenvalue weighted by molar-refractivity contribution is 5.72. The Morgan fingerprint density at radius 3 is 2.47 bits per heavy atom. The van der Waals surface area contributed by atoms with Crippen LogP contribution in [0.15, 0.2) is 0 Å². The van der Waals surface area contributed by atoms with Crippen molar-refractivity contribution in [3.63, 3.8) is 0 Å². The van der Waals surface area contributed by atoms with Gasteiger partial charge in [0.1, 0.15) is 0 Å². The van der Waals surface area contributed by atoms with E-state index in [0.717, 1.165) is 38.5 Å². The van der Waals surface area contributed by atoms with Crippen LogP contribution in [0.1, 0.15) is 52.4 Å². The van der Waals surface area contributed by atoms with Crippen molar-refractivity contribution in [2.24, 2.45) is 5.92 Å². The minimum Gasteiger partial charge on any atom is -0.466 e. The van der Waals surface area contributed by atoms with E-state index in [-0.39, 0.29) is 11.9 Å². The van der Waals surface area contributed by atoms with E-state index in [9.17, 15) is 9.90 Å². The Labute approximate surface area is 91.8 Å². The van der Waals surface area contributed by atoms with Crippen LogP contribution in [0.25, 0.3) is 0 Å². The zero-order valence-electron chi connectivity index (χ0n) is 9.79. The number of hydrogen-bond acceptors (Lipinski definition) is 3. The van der Waals surface area contributed by atoms with Gasteiger partial charge in [-0.1, -0.05) is 13.3 Å². The summed E-state index contributed by atoms with van der Waals surface area (Å²) in [5.41, 5.74) is -0.516. The fourth-order valence-corrected chi connectivity index (χ4v) is 2.37. The SMILES string of the molecule is CCCC1(O)CCC(C(=O)OCC)CC1. The molecule has 88 valence electrons. The first-order valence-corrected chi connectivity index (χ1v) is 6.00. The first-order valence-electron chi connectivity index (χ1n) is 6.00. The Kier molecular flexibility index (Phi) is 4.58. The van der Waals surface area contributed by atoms with Crippen molar-refractivity contribution in [2.45, 2.75) is 58.0 Å². The topological polar surface area (TPSA) is 46.5 Å². The molecule has 0 aromatic heterocycles. The molecule has 0 atom stereocenters. The van der Waals surface area contributed by atoms with E-state index < -0.39 is 5.60 Å². The van der Waals surface area contributed by atoms with Gasteiger partial charge in [-0.15, -0.1) is 0 Å². The largest absolute Gasteiger partial charge is 0.466 e. The summed E-state index contributed by atoms with van der Waals surface area (Å²) in [5.74, 6) is -0.0712. The van der Waals surface area contributed by atoms with Crippen molar-refractivity contribution in [3.8, 4) is 0 Å². The molecule has 0 aromatic rings. The van der Waals surface area contributed by atoms with Gasteiger partial charge in [-0.2, -0.15) is 0 Å². The molecule has 0 aromatic carbocycles. The van der Waals surface area contributed by atoms with E-state index in [0.29, 0.717) is 6.61 Å². The second-order valence-corrected chi connectivity index (χ2v) is 4.50. The van der Waals surface area contributed by atoms with Crippen molar-refractivity contribution < 1.29 is 14.6 Å². The van der Waals surface area contributed by atoms with E-state index in [1.807, 2.05) is 6.92 Å². The second-order valence-electron chi connectivity index (χ2n) is 4.50. The maximum absolute atomic E-state index is 11.5. The van der Waals surface area contributed by atoms with Crippen LogP contribution in [-0.4, -0.2) is 23.3 Å². The first-order chi connectivity index (χ1) is 7.11. The molecule has 1 N–H and O–H groups in total. The third kappa shape index (κ3) is 3.49. The summed E-state index contributed by atoms with van der Waals surface area (Å²) in [5, 5.41) is 10.1. The minimum atomic E-state index is -0.516. The number of esters is 1. The number of ether oxygens (including phenoxy) is 1. The Morgan fingerprint density at radius 1 is 1.40 bits per heavy atom. The molecular formula is C12H22O3. The highest BCUT2D eigenvalue weighted by Crippen LogP contribution is 2.35. The Bertz CT molecular complexity index is 205. The van der Waals surface area contributed by atoms with E-state index in [2.05, 4.69) is 6.92 Å². The zero-order valence-corrected chi connectivity index (χ0v) is 9.79. The van der Waals surface area contributed by atoms with Gasteiger partial charge in [0.25, 0.3) is 0 Å². The van der Waals surface area contributed by atoms with Gasteiger partial charge >= 0.3 is 5.97 Å². The van der Waals surface area contributed by atoms with E-state index >= 15 is 0 Å². The summed E-state index contributed by atoms with van der Waals surface area (Å²) >= 11 is 0. The molecule has 0 amide bonds. The molecule has 1 aliphatic rings. The highest BCUT2D eigenvalue weighted by Gasteiger charge is 2.35. The molecule has 15 heavy (non-hydrogen) atoms. The Morgan fingerprint density at radius 2 is 2.00 bits per heavy atom. The molecule has 3 nitrogen and oxygen atoms in total. The predicted molar refractivity (Wildman–Crippen MR) is 58.4 cm³/mol. The summed E-state index contributed by atoms with van der Waals surface area (Å²) in [4.78, 5) is 11.5. The van der Waals surface area contributed by atoms with Gasteiger partial charge in [0, 0.05) is 0 Å². The van der Waals surface area contributed by atoms with Gasteiger partial charge in [0.2, 0.25) is 0 Å². The summed E-state index contributed by atoms with van der Waals surface area (Å²) in [6, 6.07) is 0. The standard InChI is InChI=1S/C12H22O3/c1-3-7-12(14)8-5-10(6-9-12)11(13)15-4-2/h10,14H,3-9H2,1-2H3. The molecule has 1 fully saturated rings. The van der Waals surface area contributed by atoms with Gasteiger partial charge in [0.05, 0.1) is 18.1 Å². The average molecular weight is 214 g/mol. The zero-order chi connectivity index (χ0) is 11.3. The fraction of sp³-hybridized carbons (Fsp3) is 0.917. The van der Waals surface area contributed by atoms with E-state index in [4.69, 9.17) is 4.74 Å². The van der Waals surface area contributed by atoms with Gasteiger partial charge in [-0.25, -0.2) is 0 Å². The number of hydrogen-bond donors (Lipinski definition) is 1. The van der Waals surface area contributed by atoms with Crippen LogP contribution in [0, 0.1) is 5.92 Å². The van der Waals surface area contributed by atoms with Crippen molar-refractivity contribution in [1.29, 1.82) is 0 Å². The lowest BCUT2D eigenvalue weighted by Gasteiger charge is -2.34. The molecule has 1 aliphatic carbocycles. The molecule has 1 saturated carbocycles. The molecule has 1 rings (SSSR count). The third-order valence-electron chi connectivity index (χ3n) is 3.25. The number of aliphatic hydroxyl groups is 1. The van der Waals surface area contributed by atoms with E-state index in [1.165, 1.54) is 0 Å². The van der Waals surface area contributed by atoms with Crippen LogP contribution in [-0.2, 0) is 9.53 Å². The van der Waals surface area contributed by atoms with Crippen LogP contribution < -0.4 is 0 Å². The third-order valence-corrected chi connectivity index (χ3v) is 3.25. The molecule has 0 aliphatic heterocycles. The first kappa shape index (κ1) is 12.5. The predicted octanol–water partition coefficient (Wildman–Crippen LogP) is 2.27. The lowest BCUT2D eigenvalue weighted by Crippen LogP contribution is -2.36. The van der Waals surface area contributed by atoms with Crippen LogP contribution >= 0.6 is 0 Å². The normalized spacial score (nSPS) is 31.3. The van der Waals surface area contributed by atoms with Crippen molar-refractivity contribution >= 4 is 5.97 Å². The quantitative estimate of drug-likeness (QED) is 0.730. The van der Waals surface area contributed by atoms with Gasteiger partial charge in [-0.05, 0) is 39.0 Å². The summed E-state index contributed by atoms with van der Waals surface area (Å²) < 4.78 is 4.99. The van der Waals surface area contributed by atoms with Crippen molar-refractivity contribution in [3.05, 3.63) is 0 Å². The number of rotatable bonds is 4. The molecule has 0 bridgehead atoms. The van der Waals surface area contributed by atoms with Crippen LogP contribution in [0.2, 0.25) is 0 Å². The maximum atomic E-state index is 11.5. The average Bonchev–Trinajstić information content (AvgIpc) is 2.19. The van der Waals surface area contributed by atoms with Crippen LogP contribution in [0.3, 0.4) is 0 Å². The minimum absolute atomic E-state index is 0.0158. The number of carbonyl (C=O) groups is 1. The summed E-state index contributed by atoms with van der Waals surface area (Å²) in [6.45, 7) is 4.36. The number of carbonyl (C=O) groups excluding carboxylic acids is 1. The monoisotopic (exact) mass is 214 g/mol.